The molecular weight excluding hydrogens is 222 g/mol. The number of benzene rings is 1. The van der Waals surface area contributed by atoms with Crippen molar-refractivity contribution in [2.75, 3.05) is 0 Å². The summed E-state index contributed by atoms with van der Waals surface area (Å²) >= 11 is 3.20. The van der Waals surface area contributed by atoms with Gasteiger partial charge in [0.25, 0.3) is 11.1 Å². The van der Waals surface area contributed by atoms with Crippen molar-refractivity contribution in [3.05, 3.63) is 43.4 Å². The van der Waals surface area contributed by atoms with Gasteiger partial charge in [0.1, 0.15) is 0 Å². The second kappa shape index (κ2) is 2.42. The first kappa shape index (κ1) is 7.49. The standard InChI is InChI=1S/C8H4BrNO2/c9-6-3-4-1-2-5(6)8(12)10-7(4)11/h1-3H,(H,10,11,12). The zero-order valence-electron chi connectivity index (χ0n) is 5.93. The molecule has 0 spiro atoms. The maximum absolute atomic E-state index is 11.2. The van der Waals surface area contributed by atoms with E-state index in [9.17, 15) is 9.59 Å². The Morgan fingerprint density at radius 3 is 2.58 bits per heavy atom. The lowest BCUT2D eigenvalue weighted by Gasteiger charge is -1.87. The van der Waals surface area contributed by atoms with E-state index in [2.05, 4.69) is 20.9 Å². The maximum Gasteiger partial charge on any atom is 0.259 e. The molecule has 0 amide bonds. The number of fused-ring (bicyclic) bond motifs is 4. The van der Waals surface area contributed by atoms with Crippen LogP contribution in [0.3, 0.4) is 0 Å². The molecule has 3 rings (SSSR count). The summed E-state index contributed by atoms with van der Waals surface area (Å²) in [6.45, 7) is 0. The van der Waals surface area contributed by atoms with Crippen molar-refractivity contribution in [1.82, 2.24) is 4.98 Å². The Kier molecular flexibility index (Phi) is 1.51. The Bertz CT molecular complexity index is 532. The van der Waals surface area contributed by atoms with Gasteiger partial charge in [-0.3, -0.25) is 14.6 Å². The van der Waals surface area contributed by atoms with Crippen LogP contribution in [0.1, 0.15) is 0 Å². The molecule has 0 radical (unpaired) electrons. The summed E-state index contributed by atoms with van der Waals surface area (Å²) in [5.41, 5.74) is -0.701. The SMILES string of the molecule is O=c1[nH]c(=O)c2ccc1cc2Br. The topological polar surface area (TPSA) is 49.9 Å². The smallest absolute Gasteiger partial charge is 0.259 e. The molecule has 0 aliphatic heterocycles. The minimum Gasteiger partial charge on any atom is -0.288 e. The predicted octanol–water partition coefficient (Wildman–Crippen LogP) is 1.09. The van der Waals surface area contributed by atoms with Gasteiger partial charge in [0, 0.05) is 9.86 Å². The zero-order chi connectivity index (χ0) is 8.72. The average molecular weight is 226 g/mol. The fraction of sp³-hybridized carbons (Fsp3) is 0. The number of aromatic amines is 1. The van der Waals surface area contributed by atoms with Crippen LogP contribution in [0.4, 0.5) is 0 Å². The van der Waals surface area contributed by atoms with Gasteiger partial charge in [-0.2, -0.15) is 0 Å². The van der Waals surface area contributed by atoms with Crippen molar-refractivity contribution < 1.29 is 0 Å². The van der Waals surface area contributed by atoms with Crippen LogP contribution in [0.25, 0.3) is 10.8 Å². The lowest BCUT2D eigenvalue weighted by Crippen LogP contribution is -2.12. The van der Waals surface area contributed by atoms with Crippen molar-refractivity contribution in [1.29, 1.82) is 0 Å². The van der Waals surface area contributed by atoms with Crippen molar-refractivity contribution >= 4 is 26.7 Å². The molecular formula is C8H4BrNO2. The molecule has 2 heterocycles. The third-order valence-corrected chi connectivity index (χ3v) is 2.36. The van der Waals surface area contributed by atoms with Crippen LogP contribution in [-0.4, -0.2) is 4.98 Å². The van der Waals surface area contributed by atoms with Crippen LogP contribution < -0.4 is 11.1 Å². The molecule has 0 fully saturated rings. The summed E-state index contributed by atoms with van der Waals surface area (Å²) in [6, 6.07) is 4.88. The van der Waals surface area contributed by atoms with Gasteiger partial charge in [0.15, 0.2) is 0 Å². The highest BCUT2D eigenvalue weighted by Crippen LogP contribution is 2.15. The molecule has 0 aliphatic rings. The quantitative estimate of drug-likeness (QED) is 0.730. The minimum absolute atomic E-state index is 0.347. The van der Waals surface area contributed by atoms with E-state index in [0.29, 0.717) is 15.2 Å². The van der Waals surface area contributed by atoms with Gasteiger partial charge in [-0.25, -0.2) is 0 Å². The van der Waals surface area contributed by atoms with Crippen molar-refractivity contribution in [2.24, 2.45) is 0 Å². The summed E-state index contributed by atoms with van der Waals surface area (Å²) in [5, 5.41) is 0.987. The van der Waals surface area contributed by atoms with E-state index in [1.54, 1.807) is 18.2 Å². The van der Waals surface area contributed by atoms with Gasteiger partial charge < -0.3 is 0 Å². The summed E-state index contributed by atoms with van der Waals surface area (Å²) in [6.07, 6.45) is 0. The van der Waals surface area contributed by atoms with Gasteiger partial charge in [-0.05, 0) is 34.1 Å². The van der Waals surface area contributed by atoms with Crippen LogP contribution in [0.2, 0.25) is 0 Å². The highest BCUT2D eigenvalue weighted by atomic mass is 79.9. The van der Waals surface area contributed by atoms with E-state index in [1.807, 2.05) is 0 Å². The lowest BCUT2D eigenvalue weighted by molar-refractivity contribution is 1.24. The monoisotopic (exact) mass is 225 g/mol. The Balaban J connectivity index is 3.26. The summed E-state index contributed by atoms with van der Waals surface area (Å²) < 4.78 is 0.656. The number of rotatable bonds is 0. The highest BCUT2D eigenvalue weighted by Gasteiger charge is 2.02. The first-order chi connectivity index (χ1) is 5.68. The van der Waals surface area contributed by atoms with Gasteiger partial charge in [-0.1, -0.05) is 0 Å². The predicted molar refractivity (Wildman–Crippen MR) is 49.7 cm³/mol. The molecule has 12 heavy (non-hydrogen) atoms. The summed E-state index contributed by atoms with van der Waals surface area (Å²) in [4.78, 5) is 24.6. The van der Waals surface area contributed by atoms with E-state index in [1.165, 1.54) is 0 Å². The fourth-order valence-electron chi connectivity index (χ4n) is 1.08. The Hall–Kier alpha value is -1.16. The average Bonchev–Trinajstić information content (AvgIpc) is 2.19. The summed E-state index contributed by atoms with van der Waals surface area (Å²) in [7, 11) is 0. The third-order valence-electron chi connectivity index (χ3n) is 1.70. The van der Waals surface area contributed by atoms with Crippen molar-refractivity contribution in [3.8, 4) is 0 Å². The van der Waals surface area contributed by atoms with E-state index in [0.717, 1.165) is 0 Å². The number of H-pyrrole nitrogens is 1. The number of hydrogen-bond acceptors (Lipinski definition) is 2. The number of nitrogens with one attached hydrogen (secondary N) is 1. The third kappa shape index (κ3) is 0.956. The number of aromatic nitrogens is 1. The number of halogens is 1. The molecule has 3 aromatic rings. The highest BCUT2D eigenvalue weighted by molar-refractivity contribution is 9.10. The second-order valence-electron chi connectivity index (χ2n) is 2.48. The van der Waals surface area contributed by atoms with Gasteiger partial charge >= 0.3 is 0 Å². The molecule has 1 N–H and O–H groups in total. The molecule has 2 aromatic heterocycles. The molecule has 0 saturated carbocycles. The minimum atomic E-state index is -0.355. The molecule has 2 bridgehead atoms. The molecule has 4 heteroatoms. The van der Waals surface area contributed by atoms with Crippen molar-refractivity contribution in [3.63, 3.8) is 0 Å². The van der Waals surface area contributed by atoms with Crippen LogP contribution in [-0.2, 0) is 0 Å². The molecule has 0 atom stereocenters. The molecule has 0 unspecified atom stereocenters. The molecule has 0 saturated heterocycles. The van der Waals surface area contributed by atoms with E-state index in [4.69, 9.17) is 0 Å². The largest absolute Gasteiger partial charge is 0.288 e. The van der Waals surface area contributed by atoms with E-state index in [-0.39, 0.29) is 11.1 Å². The first-order valence-electron chi connectivity index (χ1n) is 3.34. The molecule has 1 aromatic carbocycles. The fourth-order valence-corrected chi connectivity index (χ4v) is 1.64. The van der Waals surface area contributed by atoms with E-state index >= 15 is 0 Å². The van der Waals surface area contributed by atoms with Gasteiger partial charge in [-0.15, -0.1) is 0 Å². The molecule has 3 nitrogen and oxygen atoms in total. The van der Waals surface area contributed by atoms with Crippen molar-refractivity contribution in [2.45, 2.75) is 0 Å². The lowest BCUT2D eigenvalue weighted by atomic mass is 10.2. The van der Waals surface area contributed by atoms with E-state index < -0.39 is 0 Å². The first-order valence-corrected chi connectivity index (χ1v) is 4.13. The summed E-state index contributed by atoms with van der Waals surface area (Å²) in [5.74, 6) is 0. The molecule has 0 aliphatic carbocycles. The van der Waals surface area contributed by atoms with Crippen LogP contribution >= 0.6 is 15.9 Å². The zero-order valence-corrected chi connectivity index (χ0v) is 7.51. The maximum atomic E-state index is 11.2. The Morgan fingerprint density at radius 1 is 1.17 bits per heavy atom. The normalized spacial score (nSPS) is 10.8. The van der Waals surface area contributed by atoms with Crippen LogP contribution in [0.15, 0.2) is 32.3 Å². The number of hydrogen-bond donors (Lipinski definition) is 1. The second-order valence-corrected chi connectivity index (χ2v) is 3.33. The van der Waals surface area contributed by atoms with Crippen LogP contribution in [0, 0.1) is 0 Å². The van der Waals surface area contributed by atoms with Gasteiger partial charge in [0.05, 0.1) is 5.39 Å². The Labute approximate surface area is 75.5 Å². The molecule has 60 valence electrons. The van der Waals surface area contributed by atoms with Gasteiger partial charge in [0.2, 0.25) is 0 Å². The Morgan fingerprint density at radius 2 is 1.92 bits per heavy atom. The van der Waals surface area contributed by atoms with Crippen LogP contribution in [0.5, 0.6) is 0 Å².